The molecular weight excluding hydrogens is 260 g/mol. The van der Waals surface area contributed by atoms with Crippen LogP contribution in [0, 0.1) is 0 Å². The van der Waals surface area contributed by atoms with Gasteiger partial charge in [-0.15, -0.1) is 0 Å². The molecule has 1 fully saturated rings. The molecule has 0 atom stereocenters. The summed E-state index contributed by atoms with van der Waals surface area (Å²) >= 11 is 0. The summed E-state index contributed by atoms with van der Waals surface area (Å²) in [5.74, 6) is 0.941. The topological polar surface area (TPSA) is 18.5 Å². The molecule has 1 aliphatic carbocycles. The molecule has 2 aromatic carbocycles. The van der Waals surface area contributed by atoms with Gasteiger partial charge in [0.25, 0.3) is 0 Å². The molecule has 0 aromatic heterocycles. The Kier molecular flexibility index (Phi) is 4.56. The van der Waals surface area contributed by atoms with Crippen molar-refractivity contribution in [1.82, 2.24) is 0 Å². The molecule has 0 radical (unpaired) electrons. The lowest BCUT2D eigenvalue weighted by Gasteiger charge is -2.11. The van der Waals surface area contributed by atoms with E-state index in [0.29, 0.717) is 13.2 Å². The van der Waals surface area contributed by atoms with E-state index in [4.69, 9.17) is 9.47 Å². The minimum atomic E-state index is 0.584. The molecule has 1 aliphatic rings. The fourth-order valence-electron chi connectivity index (χ4n) is 2.97. The van der Waals surface area contributed by atoms with E-state index in [1.54, 1.807) is 12.7 Å². The van der Waals surface area contributed by atoms with Crippen LogP contribution in [-0.4, -0.2) is 20.3 Å². The van der Waals surface area contributed by atoms with E-state index in [-0.39, 0.29) is 0 Å². The van der Waals surface area contributed by atoms with Crippen LogP contribution in [0.5, 0.6) is 5.75 Å². The van der Waals surface area contributed by atoms with Gasteiger partial charge in [-0.05, 0) is 42.7 Å². The molecule has 2 nitrogen and oxygen atoms in total. The third kappa shape index (κ3) is 3.27. The van der Waals surface area contributed by atoms with Gasteiger partial charge in [-0.2, -0.15) is 0 Å². The Morgan fingerprint density at radius 1 is 0.952 bits per heavy atom. The molecule has 0 heterocycles. The summed E-state index contributed by atoms with van der Waals surface area (Å²) in [5.41, 5.74) is 2.88. The van der Waals surface area contributed by atoms with E-state index in [1.807, 2.05) is 0 Å². The van der Waals surface area contributed by atoms with Crippen LogP contribution in [0.4, 0.5) is 0 Å². The monoisotopic (exact) mass is 282 g/mol. The number of fused-ring (bicyclic) bond motifs is 1. The quantitative estimate of drug-likeness (QED) is 0.732. The number of rotatable bonds is 5. The predicted molar refractivity (Wildman–Crippen MR) is 87.8 cm³/mol. The number of allylic oxidation sites excluding steroid dienone is 1. The smallest absolute Gasteiger partial charge is 0.127 e. The number of benzene rings is 2. The molecular formula is C19H22O2. The molecule has 21 heavy (non-hydrogen) atoms. The van der Waals surface area contributed by atoms with Gasteiger partial charge >= 0.3 is 0 Å². The Morgan fingerprint density at radius 2 is 1.71 bits per heavy atom. The summed E-state index contributed by atoms with van der Waals surface area (Å²) in [5, 5.41) is 2.45. The second-order valence-corrected chi connectivity index (χ2v) is 5.55. The Hall–Kier alpha value is -1.80. The summed E-state index contributed by atoms with van der Waals surface area (Å²) in [6, 6.07) is 12.7. The number of methoxy groups -OCH3 is 1. The summed E-state index contributed by atoms with van der Waals surface area (Å²) in [6.07, 6.45) is 7.54. The molecule has 0 spiro atoms. The molecule has 0 saturated heterocycles. The van der Waals surface area contributed by atoms with Gasteiger partial charge in [0.15, 0.2) is 0 Å². The number of hydrogen-bond donors (Lipinski definition) is 0. The van der Waals surface area contributed by atoms with Gasteiger partial charge < -0.3 is 9.47 Å². The Labute approximate surface area is 126 Å². The molecule has 2 aromatic rings. The van der Waals surface area contributed by atoms with Crippen LogP contribution in [0.2, 0.25) is 0 Å². The SMILES string of the molecule is COCCOc1ccc(C=C2CCCC2)c2ccccc12. The number of ether oxygens (including phenoxy) is 2. The zero-order chi connectivity index (χ0) is 14.5. The predicted octanol–water partition coefficient (Wildman–Crippen LogP) is 4.82. The lowest BCUT2D eigenvalue weighted by atomic mass is 10.0. The first-order chi connectivity index (χ1) is 10.4. The van der Waals surface area contributed by atoms with Crippen LogP contribution >= 0.6 is 0 Å². The van der Waals surface area contributed by atoms with Crippen molar-refractivity contribution in [3.05, 3.63) is 47.5 Å². The normalized spacial score (nSPS) is 14.6. The third-order valence-corrected chi connectivity index (χ3v) is 4.07. The second-order valence-electron chi connectivity index (χ2n) is 5.55. The fraction of sp³-hybridized carbons (Fsp3) is 0.368. The van der Waals surface area contributed by atoms with E-state index in [1.165, 1.54) is 42.0 Å². The average molecular weight is 282 g/mol. The molecule has 0 unspecified atom stereocenters. The van der Waals surface area contributed by atoms with Gasteiger partial charge in [0.2, 0.25) is 0 Å². The van der Waals surface area contributed by atoms with Crippen LogP contribution in [0.15, 0.2) is 42.0 Å². The van der Waals surface area contributed by atoms with Crippen molar-refractivity contribution in [2.45, 2.75) is 25.7 Å². The molecule has 0 bridgehead atoms. The van der Waals surface area contributed by atoms with Crippen molar-refractivity contribution in [2.24, 2.45) is 0 Å². The van der Waals surface area contributed by atoms with Crippen LogP contribution in [0.1, 0.15) is 31.2 Å². The van der Waals surface area contributed by atoms with Crippen molar-refractivity contribution in [1.29, 1.82) is 0 Å². The lowest BCUT2D eigenvalue weighted by Crippen LogP contribution is -2.04. The van der Waals surface area contributed by atoms with Crippen molar-refractivity contribution in [3.63, 3.8) is 0 Å². The molecule has 0 amide bonds. The largest absolute Gasteiger partial charge is 0.491 e. The maximum absolute atomic E-state index is 5.84. The maximum Gasteiger partial charge on any atom is 0.127 e. The summed E-state index contributed by atoms with van der Waals surface area (Å²) in [4.78, 5) is 0. The van der Waals surface area contributed by atoms with Gasteiger partial charge in [-0.25, -0.2) is 0 Å². The van der Waals surface area contributed by atoms with Crippen molar-refractivity contribution in [3.8, 4) is 5.75 Å². The van der Waals surface area contributed by atoms with Crippen molar-refractivity contribution < 1.29 is 9.47 Å². The van der Waals surface area contributed by atoms with Gasteiger partial charge in [0.05, 0.1) is 6.61 Å². The van der Waals surface area contributed by atoms with E-state index >= 15 is 0 Å². The van der Waals surface area contributed by atoms with E-state index < -0.39 is 0 Å². The van der Waals surface area contributed by atoms with Gasteiger partial charge in [-0.1, -0.05) is 42.0 Å². The standard InChI is InChI=1S/C19H22O2/c1-20-12-13-21-19-11-10-16(14-15-6-2-3-7-15)17-8-4-5-9-18(17)19/h4-5,8-11,14H,2-3,6-7,12-13H2,1H3. The second kappa shape index (κ2) is 6.77. The Bertz CT molecular complexity index is 635. The first kappa shape index (κ1) is 14.2. The zero-order valence-corrected chi connectivity index (χ0v) is 12.6. The third-order valence-electron chi connectivity index (χ3n) is 4.07. The highest BCUT2D eigenvalue weighted by atomic mass is 16.5. The molecule has 110 valence electrons. The van der Waals surface area contributed by atoms with E-state index in [2.05, 4.69) is 42.5 Å². The highest BCUT2D eigenvalue weighted by molar-refractivity contribution is 5.95. The van der Waals surface area contributed by atoms with Gasteiger partial charge in [0.1, 0.15) is 12.4 Å². The zero-order valence-electron chi connectivity index (χ0n) is 12.6. The molecule has 0 aliphatic heterocycles. The van der Waals surface area contributed by atoms with Crippen LogP contribution in [-0.2, 0) is 4.74 Å². The van der Waals surface area contributed by atoms with Crippen LogP contribution in [0.3, 0.4) is 0 Å². The van der Waals surface area contributed by atoms with E-state index in [9.17, 15) is 0 Å². The minimum Gasteiger partial charge on any atom is -0.491 e. The summed E-state index contributed by atoms with van der Waals surface area (Å²) < 4.78 is 10.9. The lowest BCUT2D eigenvalue weighted by molar-refractivity contribution is 0.147. The molecule has 0 N–H and O–H groups in total. The maximum atomic E-state index is 5.84. The van der Waals surface area contributed by atoms with E-state index in [0.717, 1.165) is 5.75 Å². The molecule has 3 rings (SSSR count). The summed E-state index contributed by atoms with van der Waals surface area (Å²) in [7, 11) is 1.69. The highest BCUT2D eigenvalue weighted by Gasteiger charge is 2.09. The van der Waals surface area contributed by atoms with Crippen LogP contribution in [0.25, 0.3) is 16.8 Å². The average Bonchev–Trinajstić information content (AvgIpc) is 3.02. The van der Waals surface area contributed by atoms with Crippen molar-refractivity contribution in [2.75, 3.05) is 20.3 Å². The highest BCUT2D eigenvalue weighted by Crippen LogP contribution is 2.32. The Morgan fingerprint density at radius 3 is 2.48 bits per heavy atom. The Balaban J connectivity index is 1.96. The minimum absolute atomic E-state index is 0.584. The number of hydrogen-bond acceptors (Lipinski definition) is 2. The van der Waals surface area contributed by atoms with Gasteiger partial charge in [-0.3, -0.25) is 0 Å². The first-order valence-corrected chi connectivity index (χ1v) is 7.71. The first-order valence-electron chi connectivity index (χ1n) is 7.71. The molecule has 2 heteroatoms. The van der Waals surface area contributed by atoms with Gasteiger partial charge in [0, 0.05) is 12.5 Å². The molecule has 1 saturated carbocycles. The van der Waals surface area contributed by atoms with Crippen molar-refractivity contribution >= 4 is 16.8 Å². The summed E-state index contributed by atoms with van der Waals surface area (Å²) in [6.45, 7) is 1.20. The van der Waals surface area contributed by atoms with Crippen LogP contribution < -0.4 is 4.74 Å². The fourth-order valence-corrected chi connectivity index (χ4v) is 2.97.